The molecular weight excluding hydrogens is 584 g/mol. The first-order chi connectivity index (χ1) is 21.7. The molecule has 4 atom stereocenters. The monoisotopic (exact) mass is 628 g/mol. The number of amides is 2. The maximum atomic E-state index is 13.5. The lowest BCUT2D eigenvalue weighted by Crippen LogP contribution is -2.53. The Kier molecular flexibility index (Phi) is 12.5. The summed E-state index contributed by atoms with van der Waals surface area (Å²) >= 11 is 0. The average molecular weight is 629 g/mol. The van der Waals surface area contributed by atoms with Crippen LogP contribution < -0.4 is 10.6 Å². The van der Waals surface area contributed by atoms with Crippen LogP contribution in [0.1, 0.15) is 65.0 Å². The Labute approximate surface area is 270 Å². The lowest BCUT2D eigenvalue weighted by molar-refractivity contribution is -0.150. The minimum atomic E-state index is -1.35. The second-order valence-corrected chi connectivity index (χ2v) is 12.7. The summed E-state index contributed by atoms with van der Waals surface area (Å²) in [6.45, 7) is 7.77. The molecule has 3 aromatic rings. The van der Waals surface area contributed by atoms with E-state index in [0.717, 1.165) is 21.9 Å². The van der Waals surface area contributed by atoms with E-state index in [1.54, 1.807) is 6.92 Å². The van der Waals surface area contributed by atoms with Gasteiger partial charge in [0, 0.05) is 25.2 Å². The first-order valence-corrected chi connectivity index (χ1v) is 15.7. The van der Waals surface area contributed by atoms with Crippen molar-refractivity contribution in [3.05, 3.63) is 83.9 Å². The summed E-state index contributed by atoms with van der Waals surface area (Å²) in [5.41, 5.74) is 0.355. The van der Waals surface area contributed by atoms with Crippen molar-refractivity contribution in [2.75, 3.05) is 0 Å². The summed E-state index contributed by atoms with van der Waals surface area (Å²) in [6, 6.07) is 20.5. The molecule has 46 heavy (non-hydrogen) atoms. The molecular formula is C37H44N2O7. The third kappa shape index (κ3) is 9.67. The van der Waals surface area contributed by atoms with E-state index in [1.165, 1.54) is 20.8 Å². The molecule has 0 saturated carbocycles. The van der Waals surface area contributed by atoms with Crippen LogP contribution in [0.5, 0.6) is 0 Å². The largest absolute Gasteiger partial charge is 0.481 e. The quantitative estimate of drug-likeness (QED) is 0.181. The normalized spacial score (nSPS) is 14.0. The molecule has 0 spiro atoms. The number of carbonyl (C=O) groups excluding carboxylic acids is 5. The average Bonchev–Trinajstić information content (AvgIpc) is 3.02. The molecule has 2 amide bonds. The number of aliphatic carboxylic acids is 1. The highest BCUT2D eigenvalue weighted by molar-refractivity contribution is 6.38. The van der Waals surface area contributed by atoms with E-state index in [-0.39, 0.29) is 37.4 Å². The Morgan fingerprint density at radius 2 is 1.46 bits per heavy atom. The molecule has 3 N–H and O–H groups in total. The first-order valence-electron chi connectivity index (χ1n) is 15.7. The Morgan fingerprint density at radius 3 is 2.11 bits per heavy atom. The van der Waals surface area contributed by atoms with E-state index in [1.807, 2.05) is 79.7 Å². The van der Waals surface area contributed by atoms with Crippen LogP contribution in [-0.4, -0.2) is 52.3 Å². The van der Waals surface area contributed by atoms with Crippen LogP contribution in [0.3, 0.4) is 0 Å². The van der Waals surface area contributed by atoms with Crippen LogP contribution >= 0.6 is 0 Å². The molecule has 0 aliphatic heterocycles. The molecule has 0 saturated heterocycles. The number of carboxylic acids is 1. The number of ketones is 3. The predicted molar refractivity (Wildman–Crippen MR) is 176 cm³/mol. The molecule has 9 nitrogen and oxygen atoms in total. The zero-order chi connectivity index (χ0) is 34.0. The van der Waals surface area contributed by atoms with Crippen LogP contribution in [0.25, 0.3) is 10.8 Å². The Bertz CT molecular complexity index is 1580. The number of hydrogen-bond acceptors (Lipinski definition) is 6. The van der Waals surface area contributed by atoms with Gasteiger partial charge in [0.2, 0.25) is 11.7 Å². The third-order valence-corrected chi connectivity index (χ3v) is 8.45. The van der Waals surface area contributed by atoms with Crippen LogP contribution in [0, 0.1) is 17.3 Å². The number of carbonyl (C=O) groups is 6. The molecule has 0 bridgehead atoms. The fourth-order valence-corrected chi connectivity index (χ4v) is 5.36. The van der Waals surface area contributed by atoms with Gasteiger partial charge in [-0.2, -0.15) is 0 Å². The van der Waals surface area contributed by atoms with Gasteiger partial charge in [-0.15, -0.1) is 0 Å². The van der Waals surface area contributed by atoms with E-state index in [2.05, 4.69) is 10.6 Å². The first kappa shape index (κ1) is 35.8. The Hall–Kier alpha value is -4.66. The third-order valence-electron chi connectivity index (χ3n) is 8.45. The molecule has 3 rings (SSSR count). The molecule has 244 valence electrons. The van der Waals surface area contributed by atoms with Gasteiger partial charge in [-0.1, -0.05) is 93.1 Å². The molecule has 0 heterocycles. The van der Waals surface area contributed by atoms with Crippen molar-refractivity contribution in [1.29, 1.82) is 0 Å². The number of Topliss-reactive ketones (excluding diaryl/α,β-unsaturated/α-hetero) is 3. The summed E-state index contributed by atoms with van der Waals surface area (Å²) in [7, 11) is 0. The number of benzene rings is 3. The minimum Gasteiger partial charge on any atom is -0.481 e. The number of nitrogens with one attached hydrogen (secondary N) is 2. The van der Waals surface area contributed by atoms with Gasteiger partial charge in [0.15, 0.2) is 5.78 Å². The summed E-state index contributed by atoms with van der Waals surface area (Å²) in [6.07, 6.45) is 0.497. The maximum absolute atomic E-state index is 13.5. The minimum absolute atomic E-state index is 0.0684. The van der Waals surface area contributed by atoms with Gasteiger partial charge in [-0.25, -0.2) is 0 Å². The molecule has 3 aromatic carbocycles. The smallest absolute Gasteiger partial charge is 0.309 e. The van der Waals surface area contributed by atoms with Gasteiger partial charge in [-0.3, -0.25) is 28.8 Å². The Balaban J connectivity index is 1.72. The lowest BCUT2D eigenvalue weighted by Gasteiger charge is -2.27. The summed E-state index contributed by atoms with van der Waals surface area (Å²) < 4.78 is 0. The van der Waals surface area contributed by atoms with Crippen molar-refractivity contribution < 1.29 is 33.9 Å². The van der Waals surface area contributed by atoms with E-state index in [4.69, 9.17) is 0 Å². The van der Waals surface area contributed by atoms with Crippen molar-refractivity contribution in [1.82, 2.24) is 10.6 Å². The van der Waals surface area contributed by atoms with E-state index < -0.39 is 52.8 Å². The van der Waals surface area contributed by atoms with Gasteiger partial charge in [0.05, 0.1) is 17.5 Å². The number of fused-ring (bicyclic) bond motifs is 1. The van der Waals surface area contributed by atoms with Gasteiger partial charge in [-0.05, 0) is 55.0 Å². The maximum Gasteiger partial charge on any atom is 0.309 e. The summed E-state index contributed by atoms with van der Waals surface area (Å²) in [5.74, 6) is -5.48. The fraction of sp³-hybridized carbons (Fsp3) is 0.405. The van der Waals surface area contributed by atoms with Gasteiger partial charge >= 0.3 is 5.97 Å². The van der Waals surface area contributed by atoms with E-state index in [9.17, 15) is 33.9 Å². The van der Waals surface area contributed by atoms with Crippen LogP contribution in [0.2, 0.25) is 0 Å². The number of rotatable bonds is 17. The fourth-order valence-electron chi connectivity index (χ4n) is 5.36. The second kappa shape index (κ2) is 16.1. The Morgan fingerprint density at radius 1 is 0.826 bits per heavy atom. The molecule has 0 aliphatic carbocycles. The molecule has 9 heteroatoms. The second-order valence-electron chi connectivity index (χ2n) is 12.7. The van der Waals surface area contributed by atoms with E-state index in [0.29, 0.717) is 6.42 Å². The standard InChI is InChI=1S/C37H44N2O7/c1-6-23(2)32(31(41)22-37(4,5)36(45)46)39-35(44)33(42)24(3)38-34(43)28(19-25-13-8-7-9-14-25)21-29(40)20-27-17-12-16-26-15-10-11-18-30(26)27/h7-18,23-24,28,32H,6,19-22H2,1-5H3,(H,38,43)(H,39,44)(H,45,46)/t23-,24?,28+,32-/m0/s1. The molecule has 0 aromatic heterocycles. The van der Waals surface area contributed by atoms with Crippen molar-refractivity contribution in [2.45, 2.75) is 78.8 Å². The topological polar surface area (TPSA) is 147 Å². The van der Waals surface area contributed by atoms with Crippen LogP contribution in [0.15, 0.2) is 72.8 Å². The highest BCUT2D eigenvalue weighted by atomic mass is 16.4. The lowest BCUT2D eigenvalue weighted by atomic mass is 9.82. The number of carboxylic acid groups (broad SMARTS) is 1. The van der Waals surface area contributed by atoms with Crippen LogP contribution in [0.4, 0.5) is 0 Å². The highest BCUT2D eigenvalue weighted by Crippen LogP contribution is 2.24. The molecule has 0 aliphatic rings. The van der Waals surface area contributed by atoms with Crippen molar-refractivity contribution in [2.24, 2.45) is 17.3 Å². The van der Waals surface area contributed by atoms with Gasteiger partial charge in [0.1, 0.15) is 5.78 Å². The molecule has 0 fully saturated rings. The van der Waals surface area contributed by atoms with Gasteiger partial charge in [0.25, 0.3) is 5.91 Å². The van der Waals surface area contributed by atoms with Crippen molar-refractivity contribution in [3.63, 3.8) is 0 Å². The summed E-state index contributed by atoms with van der Waals surface area (Å²) in [5, 5.41) is 16.5. The van der Waals surface area contributed by atoms with E-state index >= 15 is 0 Å². The summed E-state index contributed by atoms with van der Waals surface area (Å²) in [4.78, 5) is 77.6. The zero-order valence-corrected chi connectivity index (χ0v) is 27.2. The van der Waals surface area contributed by atoms with Crippen molar-refractivity contribution >= 4 is 45.9 Å². The van der Waals surface area contributed by atoms with Gasteiger partial charge < -0.3 is 15.7 Å². The van der Waals surface area contributed by atoms with Crippen molar-refractivity contribution in [3.8, 4) is 0 Å². The number of hydrogen-bond donors (Lipinski definition) is 3. The highest BCUT2D eigenvalue weighted by Gasteiger charge is 2.37. The zero-order valence-electron chi connectivity index (χ0n) is 27.2. The molecule has 0 radical (unpaired) electrons. The van der Waals surface area contributed by atoms with Crippen LogP contribution in [-0.2, 0) is 41.6 Å². The SMILES string of the molecule is CC[C@H](C)[C@H](NC(=O)C(=O)C(C)NC(=O)[C@@H](CC(=O)Cc1cccc2ccccc12)Cc1ccccc1)C(=O)CC(C)(C)C(=O)O. The predicted octanol–water partition coefficient (Wildman–Crippen LogP) is 4.88. The molecule has 1 unspecified atom stereocenters.